The van der Waals surface area contributed by atoms with Crippen LogP contribution in [-0.2, 0) is 5.54 Å². The van der Waals surface area contributed by atoms with Gasteiger partial charge in [-0.1, -0.05) is 0 Å². The second-order valence-electron chi connectivity index (χ2n) is 4.40. The van der Waals surface area contributed by atoms with Crippen LogP contribution in [0.1, 0.15) is 18.5 Å². The summed E-state index contributed by atoms with van der Waals surface area (Å²) < 4.78 is 5.21. The van der Waals surface area contributed by atoms with Crippen LogP contribution >= 0.6 is 0 Å². The van der Waals surface area contributed by atoms with Crippen molar-refractivity contribution in [2.24, 2.45) is 5.73 Å². The number of hydrogen-bond donors (Lipinski definition) is 1. The summed E-state index contributed by atoms with van der Waals surface area (Å²) >= 11 is 0. The number of aromatic nitrogens is 1. The summed E-state index contributed by atoms with van der Waals surface area (Å²) in [6.45, 7) is 0. The Balaban J connectivity index is 2.23. The molecule has 1 heterocycles. The molecular weight excluding hydrogens is 200 g/mol. The molecule has 2 N–H and O–H groups in total. The Kier molecular flexibility index (Phi) is 1.91. The molecule has 0 bridgehead atoms. The molecule has 3 heteroatoms. The van der Waals surface area contributed by atoms with E-state index in [0.717, 1.165) is 35.1 Å². The molecule has 1 aliphatic rings. The van der Waals surface area contributed by atoms with Gasteiger partial charge in [0.25, 0.3) is 0 Å². The van der Waals surface area contributed by atoms with Crippen LogP contribution in [0, 0.1) is 0 Å². The van der Waals surface area contributed by atoms with Crippen LogP contribution in [0.4, 0.5) is 0 Å². The van der Waals surface area contributed by atoms with Gasteiger partial charge < -0.3 is 10.5 Å². The second kappa shape index (κ2) is 3.19. The minimum Gasteiger partial charge on any atom is -0.497 e. The first-order chi connectivity index (χ1) is 7.73. The normalized spacial score (nSPS) is 17.4. The molecule has 0 saturated heterocycles. The number of nitrogens with zero attached hydrogens (tertiary/aromatic N) is 1. The molecular formula is C13H14N2O. The summed E-state index contributed by atoms with van der Waals surface area (Å²) in [5, 5.41) is 2.28. The number of fused-ring (bicyclic) bond motifs is 1. The van der Waals surface area contributed by atoms with E-state index in [9.17, 15) is 0 Å². The lowest BCUT2D eigenvalue weighted by Gasteiger charge is -2.11. The standard InChI is InChI=1S/C13H14N2O/c1-16-10-2-3-11-9(8-10)4-7-15-12(11)13(14)5-6-13/h2-4,7-8H,5-6,14H2,1H3. The van der Waals surface area contributed by atoms with Crippen molar-refractivity contribution < 1.29 is 4.74 Å². The van der Waals surface area contributed by atoms with Gasteiger partial charge in [-0.2, -0.15) is 0 Å². The molecule has 0 spiro atoms. The van der Waals surface area contributed by atoms with Crippen molar-refractivity contribution in [3.05, 3.63) is 36.2 Å². The summed E-state index contributed by atoms with van der Waals surface area (Å²) in [6.07, 6.45) is 3.89. The lowest BCUT2D eigenvalue weighted by Crippen LogP contribution is -2.20. The minimum atomic E-state index is -0.186. The molecule has 1 fully saturated rings. The maximum absolute atomic E-state index is 6.21. The van der Waals surface area contributed by atoms with Gasteiger partial charge in [0.05, 0.1) is 18.3 Å². The highest BCUT2D eigenvalue weighted by molar-refractivity contribution is 5.86. The van der Waals surface area contributed by atoms with Gasteiger partial charge in [-0.3, -0.25) is 4.98 Å². The zero-order valence-corrected chi connectivity index (χ0v) is 9.23. The zero-order valence-electron chi connectivity index (χ0n) is 9.23. The third-order valence-corrected chi connectivity index (χ3v) is 3.23. The molecule has 1 aromatic heterocycles. The molecule has 1 saturated carbocycles. The van der Waals surface area contributed by atoms with Crippen molar-refractivity contribution in [1.29, 1.82) is 0 Å². The van der Waals surface area contributed by atoms with Gasteiger partial charge in [-0.05, 0) is 42.5 Å². The fourth-order valence-corrected chi connectivity index (χ4v) is 2.05. The molecule has 1 aromatic carbocycles. The first-order valence-electron chi connectivity index (χ1n) is 5.45. The van der Waals surface area contributed by atoms with Crippen molar-refractivity contribution in [1.82, 2.24) is 4.98 Å². The highest BCUT2D eigenvalue weighted by Gasteiger charge is 2.42. The van der Waals surface area contributed by atoms with E-state index in [1.54, 1.807) is 7.11 Å². The number of hydrogen-bond acceptors (Lipinski definition) is 3. The number of nitrogens with two attached hydrogens (primary N) is 1. The maximum atomic E-state index is 6.21. The second-order valence-corrected chi connectivity index (χ2v) is 4.40. The summed E-state index contributed by atoms with van der Waals surface area (Å²) in [5.41, 5.74) is 7.05. The fourth-order valence-electron chi connectivity index (χ4n) is 2.05. The molecule has 3 nitrogen and oxygen atoms in total. The minimum absolute atomic E-state index is 0.186. The summed E-state index contributed by atoms with van der Waals surface area (Å²) in [6, 6.07) is 8.02. The van der Waals surface area contributed by atoms with Gasteiger partial charge in [-0.25, -0.2) is 0 Å². The van der Waals surface area contributed by atoms with E-state index >= 15 is 0 Å². The smallest absolute Gasteiger partial charge is 0.119 e. The van der Waals surface area contributed by atoms with Crippen LogP contribution in [0.5, 0.6) is 5.75 Å². The monoisotopic (exact) mass is 214 g/mol. The van der Waals surface area contributed by atoms with E-state index in [2.05, 4.69) is 4.98 Å². The molecule has 2 aromatic rings. The van der Waals surface area contributed by atoms with E-state index in [4.69, 9.17) is 10.5 Å². The van der Waals surface area contributed by atoms with Gasteiger partial charge in [0.15, 0.2) is 0 Å². The van der Waals surface area contributed by atoms with Crippen LogP contribution in [-0.4, -0.2) is 12.1 Å². The van der Waals surface area contributed by atoms with Gasteiger partial charge in [0.1, 0.15) is 5.75 Å². The number of ether oxygens (including phenoxy) is 1. The fraction of sp³-hybridized carbons (Fsp3) is 0.308. The summed E-state index contributed by atoms with van der Waals surface area (Å²) in [5.74, 6) is 0.867. The lowest BCUT2D eigenvalue weighted by atomic mass is 10.0. The average Bonchev–Trinajstić information content (AvgIpc) is 3.07. The van der Waals surface area contributed by atoms with Crippen LogP contribution in [0.2, 0.25) is 0 Å². The van der Waals surface area contributed by atoms with Crippen molar-refractivity contribution in [2.75, 3.05) is 7.11 Å². The van der Waals surface area contributed by atoms with Crippen molar-refractivity contribution in [2.45, 2.75) is 18.4 Å². The average molecular weight is 214 g/mol. The molecule has 82 valence electrons. The highest BCUT2D eigenvalue weighted by Crippen LogP contribution is 2.44. The first-order valence-corrected chi connectivity index (χ1v) is 5.45. The lowest BCUT2D eigenvalue weighted by molar-refractivity contribution is 0.415. The maximum Gasteiger partial charge on any atom is 0.119 e. The largest absolute Gasteiger partial charge is 0.497 e. The van der Waals surface area contributed by atoms with Crippen LogP contribution in [0.15, 0.2) is 30.5 Å². The third-order valence-electron chi connectivity index (χ3n) is 3.23. The van der Waals surface area contributed by atoms with E-state index in [1.807, 2.05) is 30.5 Å². The Morgan fingerprint density at radius 3 is 2.81 bits per heavy atom. The predicted molar refractivity (Wildman–Crippen MR) is 63.4 cm³/mol. The first kappa shape index (κ1) is 9.60. The van der Waals surface area contributed by atoms with Crippen molar-refractivity contribution >= 4 is 10.8 Å². The third kappa shape index (κ3) is 1.36. The van der Waals surface area contributed by atoms with Crippen molar-refractivity contribution in [3.8, 4) is 5.75 Å². The predicted octanol–water partition coefficient (Wildman–Crippen LogP) is 2.19. The topological polar surface area (TPSA) is 48.1 Å². The Hall–Kier alpha value is -1.61. The quantitative estimate of drug-likeness (QED) is 0.833. The van der Waals surface area contributed by atoms with Crippen LogP contribution in [0.3, 0.4) is 0 Å². The Labute approximate surface area is 94.2 Å². The molecule has 3 rings (SSSR count). The van der Waals surface area contributed by atoms with E-state index < -0.39 is 0 Å². The summed E-state index contributed by atoms with van der Waals surface area (Å²) in [4.78, 5) is 4.43. The van der Waals surface area contributed by atoms with E-state index in [1.165, 1.54) is 0 Å². The van der Waals surface area contributed by atoms with Gasteiger partial charge in [0.2, 0.25) is 0 Å². The van der Waals surface area contributed by atoms with Gasteiger partial charge in [0, 0.05) is 11.6 Å². The summed E-state index contributed by atoms with van der Waals surface area (Å²) in [7, 11) is 1.68. The molecule has 0 atom stereocenters. The Morgan fingerprint density at radius 2 is 2.12 bits per heavy atom. The zero-order chi connectivity index (χ0) is 11.2. The van der Waals surface area contributed by atoms with Crippen molar-refractivity contribution in [3.63, 3.8) is 0 Å². The highest BCUT2D eigenvalue weighted by atomic mass is 16.5. The molecule has 0 amide bonds. The van der Waals surface area contributed by atoms with Crippen LogP contribution < -0.4 is 10.5 Å². The Bertz CT molecular complexity index is 547. The molecule has 0 radical (unpaired) electrons. The number of rotatable bonds is 2. The Morgan fingerprint density at radius 1 is 1.31 bits per heavy atom. The molecule has 0 unspecified atom stereocenters. The molecule has 0 aliphatic heterocycles. The molecule has 16 heavy (non-hydrogen) atoms. The number of methoxy groups -OCH3 is 1. The van der Waals surface area contributed by atoms with E-state index in [0.29, 0.717) is 0 Å². The SMILES string of the molecule is COc1ccc2c(C3(N)CC3)nccc2c1. The van der Waals surface area contributed by atoms with Gasteiger partial charge >= 0.3 is 0 Å². The van der Waals surface area contributed by atoms with Crippen LogP contribution in [0.25, 0.3) is 10.8 Å². The number of benzene rings is 1. The molecule has 1 aliphatic carbocycles. The van der Waals surface area contributed by atoms with E-state index in [-0.39, 0.29) is 5.54 Å². The number of pyridine rings is 1. The van der Waals surface area contributed by atoms with Gasteiger partial charge in [-0.15, -0.1) is 0 Å².